The Morgan fingerprint density at radius 1 is 1.21 bits per heavy atom. The van der Waals surface area contributed by atoms with E-state index in [0.717, 1.165) is 17.9 Å². The molecule has 0 unspecified atom stereocenters. The molecule has 1 aromatic carbocycles. The maximum Gasteiger partial charge on any atom is 0.244 e. The topological polar surface area (TPSA) is 98.0 Å². The first-order valence-corrected chi connectivity index (χ1v) is 7.50. The van der Waals surface area contributed by atoms with Crippen molar-refractivity contribution in [1.82, 2.24) is 20.3 Å². The molecule has 2 heterocycles. The fraction of sp³-hybridized carbons (Fsp3) is 0.250. The second-order valence-electron chi connectivity index (χ2n) is 5.14. The van der Waals surface area contributed by atoms with Crippen molar-refractivity contribution in [2.45, 2.75) is 13.3 Å². The zero-order valence-corrected chi connectivity index (χ0v) is 13.5. The Hall–Kier alpha value is -3.16. The first-order valence-electron chi connectivity index (χ1n) is 7.50. The van der Waals surface area contributed by atoms with Crippen LogP contribution in [0.4, 0.5) is 17.6 Å². The molecule has 8 nitrogen and oxygen atoms in total. The first kappa shape index (κ1) is 15.7. The number of nitrogens with one attached hydrogen (secondary N) is 2. The molecule has 0 radical (unpaired) electrons. The van der Waals surface area contributed by atoms with Gasteiger partial charge in [0.1, 0.15) is 11.5 Å². The SMILES string of the molecule is COc1cccc(CCNc2nncc(Nc3cc(C)on3)n2)c1. The molecule has 124 valence electrons. The fourth-order valence-corrected chi connectivity index (χ4v) is 2.14. The zero-order valence-electron chi connectivity index (χ0n) is 13.5. The summed E-state index contributed by atoms with van der Waals surface area (Å²) in [6.07, 6.45) is 2.35. The average Bonchev–Trinajstić information content (AvgIpc) is 3.00. The molecule has 0 aliphatic rings. The summed E-state index contributed by atoms with van der Waals surface area (Å²) < 4.78 is 10.2. The van der Waals surface area contributed by atoms with E-state index in [2.05, 4.69) is 31.0 Å². The highest BCUT2D eigenvalue weighted by atomic mass is 16.5. The van der Waals surface area contributed by atoms with Crippen molar-refractivity contribution in [2.24, 2.45) is 0 Å². The average molecular weight is 326 g/mol. The van der Waals surface area contributed by atoms with E-state index < -0.39 is 0 Å². The Bertz CT molecular complexity index is 805. The smallest absolute Gasteiger partial charge is 0.244 e. The minimum Gasteiger partial charge on any atom is -0.497 e. The van der Waals surface area contributed by atoms with Gasteiger partial charge in [0.05, 0.1) is 13.3 Å². The van der Waals surface area contributed by atoms with Crippen molar-refractivity contribution in [1.29, 1.82) is 0 Å². The van der Waals surface area contributed by atoms with E-state index >= 15 is 0 Å². The molecule has 0 aliphatic carbocycles. The molecular formula is C16H18N6O2. The third kappa shape index (κ3) is 4.19. The number of hydrogen-bond acceptors (Lipinski definition) is 8. The fourth-order valence-electron chi connectivity index (χ4n) is 2.14. The van der Waals surface area contributed by atoms with Crippen LogP contribution in [0.15, 0.2) is 41.1 Å². The molecule has 2 aromatic heterocycles. The molecule has 3 rings (SSSR count). The van der Waals surface area contributed by atoms with E-state index in [1.165, 1.54) is 11.8 Å². The predicted octanol–water partition coefficient (Wildman–Crippen LogP) is 2.57. The van der Waals surface area contributed by atoms with Crippen LogP contribution in [0, 0.1) is 6.92 Å². The Balaban J connectivity index is 1.56. The normalized spacial score (nSPS) is 10.4. The molecule has 0 saturated heterocycles. The number of nitrogens with zero attached hydrogens (tertiary/aromatic N) is 4. The molecule has 0 bridgehead atoms. The summed E-state index contributed by atoms with van der Waals surface area (Å²) in [5.41, 5.74) is 1.17. The van der Waals surface area contributed by atoms with Gasteiger partial charge < -0.3 is 19.9 Å². The number of benzene rings is 1. The van der Waals surface area contributed by atoms with Crippen molar-refractivity contribution in [3.05, 3.63) is 47.9 Å². The van der Waals surface area contributed by atoms with Crippen molar-refractivity contribution < 1.29 is 9.26 Å². The third-order valence-electron chi connectivity index (χ3n) is 3.27. The van der Waals surface area contributed by atoms with Crippen molar-refractivity contribution in [3.63, 3.8) is 0 Å². The van der Waals surface area contributed by atoms with E-state index in [1.807, 2.05) is 31.2 Å². The van der Waals surface area contributed by atoms with Gasteiger partial charge in [0.15, 0.2) is 11.6 Å². The van der Waals surface area contributed by atoms with Gasteiger partial charge in [0.2, 0.25) is 5.95 Å². The molecule has 3 aromatic rings. The first-order chi connectivity index (χ1) is 11.7. The van der Waals surface area contributed by atoms with Gasteiger partial charge in [-0.3, -0.25) is 0 Å². The Kier molecular flexibility index (Phi) is 4.85. The summed E-state index contributed by atoms with van der Waals surface area (Å²) in [6, 6.07) is 9.72. The molecule has 0 aliphatic heterocycles. The molecule has 0 saturated carbocycles. The quantitative estimate of drug-likeness (QED) is 0.683. The number of aryl methyl sites for hydroxylation is 1. The minimum atomic E-state index is 0.447. The Morgan fingerprint density at radius 3 is 2.92 bits per heavy atom. The van der Waals surface area contributed by atoms with E-state index in [1.54, 1.807) is 13.2 Å². The van der Waals surface area contributed by atoms with Gasteiger partial charge in [0.25, 0.3) is 0 Å². The number of ether oxygens (including phenoxy) is 1. The maximum absolute atomic E-state index is 5.22. The molecule has 2 N–H and O–H groups in total. The van der Waals surface area contributed by atoms with E-state index in [-0.39, 0.29) is 0 Å². The maximum atomic E-state index is 5.22. The highest BCUT2D eigenvalue weighted by Gasteiger charge is 2.04. The predicted molar refractivity (Wildman–Crippen MR) is 89.5 cm³/mol. The van der Waals surface area contributed by atoms with Crippen molar-refractivity contribution in [3.8, 4) is 5.75 Å². The number of anilines is 3. The van der Waals surface area contributed by atoms with Crippen LogP contribution in [0.5, 0.6) is 5.75 Å². The number of methoxy groups -OCH3 is 1. The molecule has 8 heteroatoms. The van der Waals surface area contributed by atoms with Gasteiger partial charge in [0, 0.05) is 12.6 Å². The molecule has 0 amide bonds. The highest BCUT2D eigenvalue weighted by molar-refractivity contribution is 5.51. The van der Waals surface area contributed by atoms with Crippen LogP contribution >= 0.6 is 0 Å². The lowest BCUT2D eigenvalue weighted by molar-refractivity contribution is 0.400. The van der Waals surface area contributed by atoms with Crippen LogP contribution in [0.1, 0.15) is 11.3 Å². The lowest BCUT2D eigenvalue weighted by Gasteiger charge is -2.07. The molecule has 0 spiro atoms. The summed E-state index contributed by atoms with van der Waals surface area (Å²) in [5.74, 6) is 3.14. The van der Waals surface area contributed by atoms with Crippen molar-refractivity contribution >= 4 is 17.6 Å². The lowest BCUT2D eigenvalue weighted by atomic mass is 10.1. The van der Waals surface area contributed by atoms with E-state index in [9.17, 15) is 0 Å². The summed E-state index contributed by atoms with van der Waals surface area (Å²) in [6.45, 7) is 2.50. The van der Waals surface area contributed by atoms with Crippen LogP contribution in [0.25, 0.3) is 0 Å². The summed E-state index contributed by atoms with van der Waals surface area (Å²) in [7, 11) is 1.66. The Labute approximate surface area is 139 Å². The monoisotopic (exact) mass is 326 g/mol. The third-order valence-corrected chi connectivity index (χ3v) is 3.27. The van der Waals surface area contributed by atoms with Gasteiger partial charge in [-0.2, -0.15) is 10.1 Å². The standard InChI is InChI=1S/C16H18N6O2/c1-11-8-14(22-24-11)19-15-10-18-21-16(20-15)17-7-6-12-4-3-5-13(9-12)23-2/h3-5,8-10H,6-7H2,1-2H3,(H2,17,19,20,21,22). The highest BCUT2D eigenvalue weighted by Crippen LogP contribution is 2.15. The summed E-state index contributed by atoms with van der Waals surface area (Å²) in [4.78, 5) is 4.34. The minimum absolute atomic E-state index is 0.447. The molecule has 0 fully saturated rings. The van der Waals surface area contributed by atoms with Gasteiger partial charge in [-0.05, 0) is 31.0 Å². The van der Waals surface area contributed by atoms with Crippen LogP contribution in [-0.2, 0) is 6.42 Å². The second kappa shape index (κ2) is 7.40. The number of hydrogen-bond donors (Lipinski definition) is 2. The van der Waals surface area contributed by atoms with Crippen LogP contribution in [0.3, 0.4) is 0 Å². The van der Waals surface area contributed by atoms with E-state index in [4.69, 9.17) is 9.26 Å². The molecular weight excluding hydrogens is 308 g/mol. The number of rotatable bonds is 7. The van der Waals surface area contributed by atoms with E-state index in [0.29, 0.717) is 24.1 Å². The zero-order chi connectivity index (χ0) is 16.8. The number of aromatic nitrogens is 4. The van der Waals surface area contributed by atoms with Gasteiger partial charge in [-0.25, -0.2) is 0 Å². The second-order valence-corrected chi connectivity index (χ2v) is 5.14. The summed E-state index contributed by atoms with van der Waals surface area (Å²) >= 11 is 0. The largest absolute Gasteiger partial charge is 0.497 e. The molecule has 0 atom stereocenters. The lowest BCUT2D eigenvalue weighted by Crippen LogP contribution is -2.09. The Morgan fingerprint density at radius 2 is 2.12 bits per heavy atom. The van der Waals surface area contributed by atoms with Crippen LogP contribution < -0.4 is 15.4 Å². The molecule has 24 heavy (non-hydrogen) atoms. The van der Waals surface area contributed by atoms with Gasteiger partial charge in [-0.1, -0.05) is 17.3 Å². The van der Waals surface area contributed by atoms with Crippen molar-refractivity contribution in [2.75, 3.05) is 24.3 Å². The van der Waals surface area contributed by atoms with Gasteiger partial charge in [-0.15, -0.1) is 5.10 Å². The van der Waals surface area contributed by atoms with Gasteiger partial charge >= 0.3 is 0 Å². The summed E-state index contributed by atoms with van der Waals surface area (Å²) in [5, 5.41) is 17.9. The van der Waals surface area contributed by atoms with Crippen LogP contribution in [-0.4, -0.2) is 34.0 Å². The van der Waals surface area contributed by atoms with Crippen LogP contribution in [0.2, 0.25) is 0 Å².